The molecular weight excluding hydrogens is 985 g/mol. The second kappa shape index (κ2) is 27.1. The van der Waals surface area contributed by atoms with Gasteiger partial charge in [0, 0.05) is 60.6 Å². The highest BCUT2D eigenvalue weighted by Crippen LogP contribution is 2.26. The lowest BCUT2D eigenvalue weighted by Crippen LogP contribution is -2.34. The van der Waals surface area contributed by atoms with Crippen molar-refractivity contribution in [3.63, 3.8) is 0 Å². The number of nitrogens with zero attached hydrogens (tertiary/aromatic N) is 6. The summed E-state index contributed by atoms with van der Waals surface area (Å²) in [5.74, 6) is 2.72. The second-order valence-electron chi connectivity index (χ2n) is 18.0. The maximum Gasteiger partial charge on any atom is 0.328 e. The zero-order valence-electron chi connectivity index (χ0n) is 43.0. The lowest BCUT2D eigenvalue weighted by molar-refractivity contribution is -0.144. The third kappa shape index (κ3) is 15.8. The third-order valence-electron chi connectivity index (χ3n) is 12.3. The normalized spacial score (nSPS) is 13.1. The van der Waals surface area contributed by atoms with Crippen LogP contribution in [0.3, 0.4) is 0 Å². The smallest absolute Gasteiger partial charge is 0.328 e. The third-order valence-corrected chi connectivity index (χ3v) is 12.3. The molecule has 2 aromatic heterocycles. The number of carboxylic acid groups (broad SMARTS) is 1. The number of hydrogen-bond donors (Lipinski definition) is 7. The van der Waals surface area contributed by atoms with Crippen LogP contribution in [0.4, 0.5) is 23.0 Å². The molecule has 2 atom stereocenters. The zero-order valence-corrected chi connectivity index (χ0v) is 43.0. The maximum absolute atomic E-state index is 12.8. The van der Waals surface area contributed by atoms with Crippen molar-refractivity contribution in [2.24, 2.45) is 9.98 Å². The Kier molecular flexibility index (Phi) is 18.4. The van der Waals surface area contributed by atoms with E-state index < -0.39 is 18.1 Å². The summed E-state index contributed by atoms with van der Waals surface area (Å²) in [4.78, 5) is 50.9. The molecule has 0 saturated carbocycles. The number of carboxylic acids is 1. The lowest BCUT2D eigenvalue weighted by Gasteiger charge is -2.18. The minimum Gasteiger partial charge on any atom is -0.489 e. The van der Waals surface area contributed by atoms with Crippen molar-refractivity contribution in [3.8, 4) is 34.0 Å². The Hall–Kier alpha value is -9.84. The number of hydrogen-bond acceptors (Lipinski definition) is 17. The number of carbonyl (C=O) groups is 2. The first-order valence-electron chi connectivity index (χ1n) is 25.7. The average Bonchev–Trinajstić information content (AvgIpc) is 4.22. The Balaban J connectivity index is 0.000000190. The molecule has 4 heterocycles. The Labute approximate surface area is 452 Å². The largest absolute Gasteiger partial charge is 0.489 e. The monoisotopic (exact) mass is 1040 g/mol. The van der Waals surface area contributed by atoms with Crippen molar-refractivity contribution in [3.05, 3.63) is 205 Å². The Morgan fingerprint density at radius 2 is 0.974 bits per heavy atom. The zero-order chi connectivity index (χ0) is 53.7. The van der Waals surface area contributed by atoms with E-state index in [4.69, 9.17) is 14.2 Å². The minimum atomic E-state index is -0.961. The molecule has 2 aliphatic rings. The topological polar surface area (TPSA) is 231 Å². The Morgan fingerprint density at radius 3 is 1.38 bits per heavy atom. The SMILES string of the molecule is CCOC(=O)C(Cc1ccc(NC2=NCCN2)cc1)Nc1cc(-c2ccc(OCc3ccccc3)cc2)ncn1.O=C(O)C(Cc1ccc(NC2=NCCN2)cc1)Nc1cc(-c2ccc(OCc3ccccc3)cc2)ncn1. The van der Waals surface area contributed by atoms with E-state index in [1.807, 2.05) is 164 Å². The van der Waals surface area contributed by atoms with E-state index in [2.05, 4.69) is 61.8 Å². The van der Waals surface area contributed by atoms with Crippen LogP contribution in [0.25, 0.3) is 22.5 Å². The quantitative estimate of drug-likeness (QED) is 0.0333. The van der Waals surface area contributed by atoms with Crippen LogP contribution in [0, 0.1) is 0 Å². The molecule has 6 aromatic carbocycles. The number of benzene rings is 6. The number of anilines is 4. The summed E-state index contributed by atoms with van der Waals surface area (Å²) in [5, 5.41) is 28.9. The van der Waals surface area contributed by atoms with Crippen molar-refractivity contribution in [1.29, 1.82) is 0 Å². The molecule has 396 valence electrons. The second-order valence-corrected chi connectivity index (χ2v) is 18.0. The van der Waals surface area contributed by atoms with E-state index >= 15 is 0 Å². The predicted octanol–water partition coefficient (Wildman–Crippen LogP) is 8.88. The first-order chi connectivity index (χ1) is 38.3. The van der Waals surface area contributed by atoms with Gasteiger partial charge in [0.2, 0.25) is 0 Å². The van der Waals surface area contributed by atoms with E-state index in [1.165, 1.54) is 12.7 Å². The highest BCUT2D eigenvalue weighted by atomic mass is 16.5. The van der Waals surface area contributed by atoms with Crippen LogP contribution in [-0.2, 0) is 40.4 Å². The van der Waals surface area contributed by atoms with Gasteiger partial charge in [-0.25, -0.2) is 29.5 Å². The van der Waals surface area contributed by atoms with Gasteiger partial charge in [-0.05, 0) is 102 Å². The minimum absolute atomic E-state index is 0.293. The van der Waals surface area contributed by atoms with Crippen LogP contribution in [0.2, 0.25) is 0 Å². The van der Waals surface area contributed by atoms with Gasteiger partial charge in [-0.1, -0.05) is 84.9 Å². The molecule has 78 heavy (non-hydrogen) atoms. The predicted molar refractivity (Wildman–Crippen MR) is 304 cm³/mol. The molecule has 8 aromatic rings. The molecule has 0 radical (unpaired) electrons. The van der Waals surface area contributed by atoms with E-state index in [1.54, 1.807) is 13.0 Å². The van der Waals surface area contributed by atoms with Gasteiger partial charge in [-0.3, -0.25) is 9.98 Å². The molecule has 10 rings (SSSR count). The van der Waals surface area contributed by atoms with Crippen molar-refractivity contribution in [2.75, 3.05) is 54.1 Å². The van der Waals surface area contributed by atoms with E-state index in [0.717, 1.165) is 100 Å². The van der Waals surface area contributed by atoms with Crippen LogP contribution in [0.5, 0.6) is 11.5 Å². The molecule has 0 saturated heterocycles. The summed E-state index contributed by atoms with van der Waals surface area (Å²) in [6, 6.07) is 53.0. The molecule has 0 aliphatic carbocycles. The van der Waals surface area contributed by atoms with Crippen LogP contribution < -0.4 is 41.4 Å². The molecule has 2 aliphatic heterocycles. The molecule has 0 spiro atoms. The van der Waals surface area contributed by atoms with Gasteiger partial charge in [0.1, 0.15) is 61.1 Å². The molecule has 18 heteroatoms. The van der Waals surface area contributed by atoms with Crippen molar-refractivity contribution in [1.82, 2.24) is 30.6 Å². The van der Waals surface area contributed by atoms with Gasteiger partial charge in [-0.15, -0.1) is 0 Å². The number of esters is 1. The number of nitrogens with one attached hydrogen (secondary N) is 6. The molecule has 0 amide bonds. The highest BCUT2D eigenvalue weighted by molar-refractivity contribution is 5.95. The van der Waals surface area contributed by atoms with Crippen molar-refractivity contribution < 1.29 is 28.9 Å². The highest BCUT2D eigenvalue weighted by Gasteiger charge is 2.22. The van der Waals surface area contributed by atoms with E-state index in [9.17, 15) is 14.7 Å². The fourth-order valence-corrected chi connectivity index (χ4v) is 8.26. The summed E-state index contributed by atoms with van der Waals surface area (Å²) < 4.78 is 17.1. The van der Waals surface area contributed by atoms with Gasteiger partial charge < -0.3 is 51.2 Å². The van der Waals surface area contributed by atoms with Crippen LogP contribution in [-0.4, -0.2) is 93.8 Å². The first kappa shape index (κ1) is 53.0. The van der Waals surface area contributed by atoms with Crippen LogP contribution in [0.1, 0.15) is 29.2 Å². The summed E-state index contributed by atoms with van der Waals surface area (Å²) in [6.07, 6.45) is 3.64. The Morgan fingerprint density at radius 1 is 0.538 bits per heavy atom. The summed E-state index contributed by atoms with van der Waals surface area (Å²) in [5.41, 5.74) is 9.09. The number of ether oxygens (including phenoxy) is 3. The summed E-state index contributed by atoms with van der Waals surface area (Å²) >= 11 is 0. The lowest BCUT2D eigenvalue weighted by atomic mass is 10.1. The van der Waals surface area contributed by atoms with Crippen molar-refractivity contribution >= 4 is 46.9 Å². The van der Waals surface area contributed by atoms with E-state index in [0.29, 0.717) is 50.0 Å². The number of carbonyl (C=O) groups excluding carboxylic acids is 1. The fraction of sp³-hybridized carbons (Fsp3) is 0.200. The number of guanidine groups is 2. The van der Waals surface area contributed by atoms with Gasteiger partial charge in [-0.2, -0.15) is 0 Å². The molecule has 0 bridgehead atoms. The molecule has 18 nitrogen and oxygen atoms in total. The molecule has 7 N–H and O–H groups in total. The first-order valence-corrected chi connectivity index (χ1v) is 25.7. The van der Waals surface area contributed by atoms with Gasteiger partial charge >= 0.3 is 11.9 Å². The maximum atomic E-state index is 12.8. The van der Waals surface area contributed by atoms with Gasteiger partial charge in [0.15, 0.2) is 11.9 Å². The van der Waals surface area contributed by atoms with Gasteiger partial charge in [0.05, 0.1) is 31.1 Å². The van der Waals surface area contributed by atoms with Crippen LogP contribution >= 0.6 is 0 Å². The summed E-state index contributed by atoms with van der Waals surface area (Å²) in [7, 11) is 0. The fourth-order valence-electron chi connectivity index (χ4n) is 8.26. The number of aromatic nitrogens is 4. The molecule has 2 unspecified atom stereocenters. The number of aliphatic carboxylic acids is 1. The molecular formula is C60H60N12O6. The average molecular weight is 1050 g/mol. The van der Waals surface area contributed by atoms with E-state index in [-0.39, 0.29) is 5.97 Å². The number of rotatable bonds is 21. The van der Waals surface area contributed by atoms with Crippen LogP contribution in [0.15, 0.2) is 192 Å². The summed E-state index contributed by atoms with van der Waals surface area (Å²) in [6.45, 7) is 6.27. The molecule has 0 fully saturated rings. The number of aliphatic imine (C=N–C) groups is 2. The standard InChI is InChI=1S/C31H32N6O3.C29H28N6O3/c1-2-39-30(38)28(18-22-8-12-25(13-9-22)36-31-32-16-17-33-31)37-29-19-27(34-21-35-29)24-10-14-26(15-11-24)40-20-23-6-4-3-5-7-23;36-28(37)26(16-20-6-10-23(11-7-20)34-29-30-14-15-31-29)35-27-17-25(32-19-33-27)22-8-12-24(13-9-22)38-18-21-4-2-1-3-5-21/h3-15,19,21,28H,2,16-18,20H2,1H3,(H2,32,33,36)(H,34,35,37);1-13,17,19,26H,14-16,18H2,(H,36,37)(H2,30,31,34)(H,32,33,35). The van der Waals surface area contributed by atoms with Gasteiger partial charge in [0.25, 0.3) is 0 Å². The Bertz CT molecular complexity index is 3260. The van der Waals surface area contributed by atoms with Crippen molar-refractivity contribution in [2.45, 2.75) is 45.1 Å².